The molecule has 2 N–H and O–H groups in total. The van der Waals surface area contributed by atoms with Crippen LogP contribution in [0.4, 0.5) is 11.5 Å². The third-order valence-corrected chi connectivity index (χ3v) is 2.27. The molecule has 7 heteroatoms. The molecule has 0 aromatic carbocycles. The summed E-state index contributed by atoms with van der Waals surface area (Å²) < 4.78 is 0. The van der Waals surface area contributed by atoms with Crippen LogP contribution in [0.1, 0.15) is 19.4 Å². The molecule has 1 heterocycles. The monoisotopic (exact) mass is 239 g/mol. The van der Waals surface area contributed by atoms with Crippen LogP contribution in [0.3, 0.4) is 0 Å². The van der Waals surface area contributed by atoms with Gasteiger partial charge in [0.2, 0.25) is 5.82 Å². The lowest BCUT2D eigenvalue weighted by Crippen LogP contribution is -2.40. The van der Waals surface area contributed by atoms with Gasteiger partial charge in [-0.15, -0.1) is 0 Å². The van der Waals surface area contributed by atoms with E-state index in [0.29, 0.717) is 5.56 Å². The lowest BCUT2D eigenvalue weighted by Gasteiger charge is -2.21. The number of aliphatic carboxylic acids is 1. The van der Waals surface area contributed by atoms with Crippen molar-refractivity contribution >= 4 is 17.5 Å². The Bertz CT molecular complexity index is 471. The molecular weight excluding hydrogens is 226 g/mol. The molecule has 92 valence electrons. The summed E-state index contributed by atoms with van der Waals surface area (Å²) in [7, 11) is 0. The number of nitrogens with zero attached hydrogens (tertiary/aromatic N) is 2. The quantitative estimate of drug-likeness (QED) is 0.610. The highest BCUT2D eigenvalue weighted by molar-refractivity contribution is 5.82. The number of carbonyl (C=O) groups is 1. The molecule has 0 aliphatic carbocycles. The van der Waals surface area contributed by atoms with E-state index in [1.54, 1.807) is 6.92 Å². The maximum absolute atomic E-state index is 10.9. The van der Waals surface area contributed by atoms with Gasteiger partial charge in [0.25, 0.3) is 0 Å². The number of hydrogen-bond donors (Lipinski definition) is 2. The van der Waals surface area contributed by atoms with Crippen molar-refractivity contribution in [3.63, 3.8) is 0 Å². The largest absolute Gasteiger partial charge is 0.480 e. The van der Waals surface area contributed by atoms with Gasteiger partial charge in [0.15, 0.2) is 0 Å². The molecule has 0 amide bonds. The number of carboxylic acid groups (broad SMARTS) is 1. The highest BCUT2D eigenvalue weighted by Crippen LogP contribution is 2.27. The minimum absolute atomic E-state index is 0.0394. The Morgan fingerprint density at radius 1 is 1.59 bits per heavy atom. The zero-order valence-electron chi connectivity index (χ0n) is 9.72. The number of nitrogens with one attached hydrogen (secondary N) is 1. The van der Waals surface area contributed by atoms with Gasteiger partial charge in [-0.05, 0) is 26.8 Å². The maximum atomic E-state index is 10.9. The summed E-state index contributed by atoms with van der Waals surface area (Å²) in [4.78, 5) is 25.0. The molecule has 0 aliphatic rings. The summed E-state index contributed by atoms with van der Waals surface area (Å²) in [6.45, 7) is 4.38. The van der Waals surface area contributed by atoms with Crippen molar-refractivity contribution in [2.24, 2.45) is 0 Å². The van der Waals surface area contributed by atoms with Crippen molar-refractivity contribution in [3.05, 3.63) is 27.9 Å². The zero-order chi connectivity index (χ0) is 13.2. The number of aromatic nitrogens is 1. The number of aryl methyl sites for hydroxylation is 1. The van der Waals surface area contributed by atoms with Gasteiger partial charge in [-0.1, -0.05) is 0 Å². The van der Waals surface area contributed by atoms with Gasteiger partial charge in [-0.3, -0.25) is 10.1 Å². The molecule has 0 spiro atoms. The molecule has 1 rings (SSSR count). The average Bonchev–Trinajstić information content (AvgIpc) is 2.15. The standard InChI is InChI=1S/C10H13N3O4/c1-6-4-5-11-8(7(6)13(16)17)12-10(2,3)9(14)15/h4-5H,1-3H3,(H,11,12)(H,14,15). The molecule has 7 nitrogen and oxygen atoms in total. The van der Waals surface area contributed by atoms with Crippen LogP contribution in [0.2, 0.25) is 0 Å². The highest BCUT2D eigenvalue weighted by Gasteiger charge is 2.31. The number of nitro groups is 1. The lowest BCUT2D eigenvalue weighted by molar-refractivity contribution is -0.384. The molecular formula is C10H13N3O4. The SMILES string of the molecule is Cc1ccnc(NC(C)(C)C(=O)O)c1[N+](=O)[O-]. The molecule has 0 saturated heterocycles. The van der Waals surface area contributed by atoms with Gasteiger partial charge in [0.1, 0.15) is 5.54 Å². The normalized spacial score (nSPS) is 11.0. The molecule has 0 radical (unpaired) electrons. The fraction of sp³-hybridized carbons (Fsp3) is 0.400. The Hall–Kier alpha value is -2.18. The van der Waals surface area contributed by atoms with Crippen LogP contribution in [-0.4, -0.2) is 26.5 Å². The maximum Gasteiger partial charge on any atom is 0.328 e. The topological polar surface area (TPSA) is 105 Å². The summed E-state index contributed by atoms with van der Waals surface area (Å²) >= 11 is 0. The van der Waals surface area contributed by atoms with Crippen LogP contribution in [0, 0.1) is 17.0 Å². The van der Waals surface area contributed by atoms with E-state index in [0.717, 1.165) is 0 Å². The highest BCUT2D eigenvalue weighted by atomic mass is 16.6. The second kappa shape index (κ2) is 4.36. The summed E-state index contributed by atoms with van der Waals surface area (Å²) in [5.74, 6) is -1.16. The third kappa shape index (κ3) is 2.68. The molecule has 1 aromatic rings. The van der Waals surface area contributed by atoms with Gasteiger partial charge in [0.05, 0.1) is 4.92 Å². The number of carboxylic acids is 1. The Labute approximate surface area is 97.6 Å². The van der Waals surface area contributed by atoms with Crippen LogP contribution >= 0.6 is 0 Å². The summed E-state index contributed by atoms with van der Waals surface area (Å²) in [5.41, 5.74) is -1.11. The van der Waals surface area contributed by atoms with Crippen molar-refractivity contribution in [1.82, 2.24) is 4.98 Å². The smallest absolute Gasteiger partial charge is 0.328 e. The van der Waals surface area contributed by atoms with Crippen LogP contribution in [0.15, 0.2) is 12.3 Å². The first-order valence-electron chi connectivity index (χ1n) is 4.87. The van der Waals surface area contributed by atoms with E-state index in [4.69, 9.17) is 5.11 Å². The molecule has 1 aromatic heterocycles. The second-order valence-electron chi connectivity index (χ2n) is 4.14. The summed E-state index contributed by atoms with van der Waals surface area (Å²) in [5, 5.41) is 22.4. The Balaban J connectivity index is 3.20. The minimum Gasteiger partial charge on any atom is -0.480 e. The fourth-order valence-corrected chi connectivity index (χ4v) is 1.22. The van der Waals surface area contributed by atoms with Crippen LogP contribution < -0.4 is 5.32 Å². The van der Waals surface area contributed by atoms with Gasteiger partial charge in [0, 0.05) is 11.8 Å². The fourth-order valence-electron chi connectivity index (χ4n) is 1.22. The van der Waals surface area contributed by atoms with E-state index >= 15 is 0 Å². The van der Waals surface area contributed by atoms with Crippen molar-refractivity contribution in [1.29, 1.82) is 0 Å². The van der Waals surface area contributed by atoms with Crippen molar-refractivity contribution in [2.75, 3.05) is 5.32 Å². The van der Waals surface area contributed by atoms with Crippen molar-refractivity contribution in [3.8, 4) is 0 Å². The van der Waals surface area contributed by atoms with Gasteiger partial charge < -0.3 is 10.4 Å². The number of pyridine rings is 1. The third-order valence-electron chi connectivity index (χ3n) is 2.27. The predicted molar refractivity (Wildman–Crippen MR) is 61.0 cm³/mol. The van der Waals surface area contributed by atoms with Crippen molar-refractivity contribution < 1.29 is 14.8 Å². The molecule has 17 heavy (non-hydrogen) atoms. The Morgan fingerprint density at radius 3 is 2.65 bits per heavy atom. The van der Waals surface area contributed by atoms with E-state index in [2.05, 4.69) is 10.3 Å². The van der Waals surface area contributed by atoms with E-state index in [1.807, 2.05) is 0 Å². The number of rotatable bonds is 4. The van der Waals surface area contributed by atoms with Crippen LogP contribution in [-0.2, 0) is 4.79 Å². The van der Waals surface area contributed by atoms with E-state index in [1.165, 1.54) is 26.1 Å². The molecule has 0 bridgehead atoms. The first kappa shape index (κ1) is 12.9. The Morgan fingerprint density at radius 2 is 2.18 bits per heavy atom. The average molecular weight is 239 g/mol. The lowest BCUT2D eigenvalue weighted by atomic mass is 10.1. The molecule has 0 atom stereocenters. The van der Waals surface area contributed by atoms with Gasteiger partial charge in [-0.25, -0.2) is 9.78 Å². The van der Waals surface area contributed by atoms with Gasteiger partial charge >= 0.3 is 11.7 Å². The van der Waals surface area contributed by atoms with Gasteiger partial charge in [-0.2, -0.15) is 0 Å². The first-order valence-corrected chi connectivity index (χ1v) is 4.87. The molecule has 0 aliphatic heterocycles. The summed E-state index contributed by atoms with van der Waals surface area (Å²) in [6.07, 6.45) is 1.39. The first-order chi connectivity index (χ1) is 7.75. The predicted octanol–water partition coefficient (Wildman–Crippen LogP) is 1.57. The molecule has 0 saturated carbocycles. The van der Waals surface area contributed by atoms with E-state index in [-0.39, 0.29) is 11.5 Å². The molecule has 0 fully saturated rings. The molecule has 0 unspecified atom stereocenters. The second-order valence-corrected chi connectivity index (χ2v) is 4.14. The summed E-state index contributed by atoms with van der Waals surface area (Å²) in [6, 6.07) is 1.50. The van der Waals surface area contributed by atoms with Crippen molar-refractivity contribution in [2.45, 2.75) is 26.3 Å². The van der Waals surface area contributed by atoms with Crippen LogP contribution in [0.5, 0.6) is 0 Å². The van der Waals surface area contributed by atoms with Crippen LogP contribution in [0.25, 0.3) is 0 Å². The number of anilines is 1. The zero-order valence-corrected chi connectivity index (χ0v) is 9.72. The number of hydrogen-bond acceptors (Lipinski definition) is 5. The van der Waals surface area contributed by atoms with E-state index in [9.17, 15) is 14.9 Å². The minimum atomic E-state index is -1.33. The Kier molecular flexibility index (Phi) is 3.31. The van der Waals surface area contributed by atoms with E-state index < -0.39 is 16.4 Å².